The van der Waals surface area contributed by atoms with Crippen LogP contribution in [0.4, 0.5) is 0 Å². The molecule has 0 aliphatic carbocycles. The summed E-state index contributed by atoms with van der Waals surface area (Å²) in [5.41, 5.74) is 2.91. The first-order chi connectivity index (χ1) is 10.7. The highest BCUT2D eigenvalue weighted by molar-refractivity contribution is 7.99. The SMILES string of the molecule is CCCCOc1ccccc1-c1nc(SCC(=O)NN)n[nH]1. The molecule has 1 heterocycles. The van der Waals surface area contributed by atoms with Crippen LogP contribution in [0.3, 0.4) is 0 Å². The van der Waals surface area contributed by atoms with E-state index in [4.69, 9.17) is 10.6 Å². The van der Waals surface area contributed by atoms with Gasteiger partial charge in [-0.05, 0) is 18.6 Å². The van der Waals surface area contributed by atoms with Crippen LogP contribution in [0.5, 0.6) is 5.75 Å². The van der Waals surface area contributed by atoms with E-state index in [1.54, 1.807) is 0 Å². The van der Waals surface area contributed by atoms with Crippen LogP contribution in [0.1, 0.15) is 19.8 Å². The molecule has 1 aromatic heterocycles. The summed E-state index contributed by atoms with van der Waals surface area (Å²) in [6, 6.07) is 7.66. The molecule has 0 fully saturated rings. The monoisotopic (exact) mass is 321 g/mol. The molecule has 0 aliphatic heterocycles. The Kier molecular flexibility index (Phi) is 6.23. The molecule has 0 spiro atoms. The van der Waals surface area contributed by atoms with E-state index in [1.807, 2.05) is 24.3 Å². The van der Waals surface area contributed by atoms with Gasteiger partial charge in [-0.1, -0.05) is 37.2 Å². The van der Waals surface area contributed by atoms with Crippen LogP contribution in [-0.4, -0.2) is 33.4 Å². The van der Waals surface area contributed by atoms with Crippen molar-refractivity contribution in [2.24, 2.45) is 5.84 Å². The van der Waals surface area contributed by atoms with E-state index >= 15 is 0 Å². The normalized spacial score (nSPS) is 10.5. The number of thioether (sulfide) groups is 1. The molecule has 2 rings (SSSR count). The number of amides is 1. The fraction of sp³-hybridized carbons (Fsp3) is 0.357. The van der Waals surface area contributed by atoms with Crippen molar-refractivity contribution >= 4 is 17.7 Å². The van der Waals surface area contributed by atoms with E-state index in [0.29, 0.717) is 17.6 Å². The molecule has 7 nitrogen and oxygen atoms in total. The minimum Gasteiger partial charge on any atom is -0.493 e. The third-order valence-corrected chi connectivity index (χ3v) is 3.70. The molecule has 1 aromatic carbocycles. The summed E-state index contributed by atoms with van der Waals surface area (Å²) >= 11 is 1.21. The van der Waals surface area contributed by atoms with Gasteiger partial charge in [-0.15, -0.1) is 5.10 Å². The molecule has 4 N–H and O–H groups in total. The van der Waals surface area contributed by atoms with Crippen LogP contribution in [0.2, 0.25) is 0 Å². The number of nitrogens with zero attached hydrogens (tertiary/aromatic N) is 2. The van der Waals surface area contributed by atoms with Gasteiger partial charge in [-0.2, -0.15) is 0 Å². The van der Waals surface area contributed by atoms with Gasteiger partial charge in [0.1, 0.15) is 5.75 Å². The maximum absolute atomic E-state index is 11.1. The molecule has 0 atom stereocenters. The Morgan fingerprint density at radius 3 is 3.05 bits per heavy atom. The summed E-state index contributed by atoms with van der Waals surface area (Å²) in [6.07, 6.45) is 2.08. The maximum atomic E-state index is 11.1. The topological polar surface area (TPSA) is 106 Å². The van der Waals surface area contributed by atoms with E-state index in [9.17, 15) is 4.79 Å². The number of rotatable bonds is 8. The summed E-state index contributed by atoms with van der Waals surface area (Å²) in [5.74, 6) is 6.30. The Morgan fingerprint density at radius 1 is 1.45 bits per heavy atom. The summed E-state index contributed by atoms with van der Waals surface area (Å²) < 4.78 is 5.78. The summed E-state index contributed by atoms with van der Waals surface area (Å²) in [5, 5.41) is 7.44. The maximum Gasteiger partial charge on any atom is 0.244 e. The molecule has 0 bridgehead atoms. The molecule has 0 aliphatic rings. The first-order valence-corrected chi connectivity index (χ1v) is 8.00. The van der Waals surface area contributed by atoms with Crippen LogP contribution < -0.4 is 16.0 Å². The zero-order valence-corrected chi connectivity index (χ0v) is 13.2. The van der Waals surface area contributed by atoms with Gasteiger partial charge in [0.2, 0.25) is 11.1 Å². The van der Waals surface area contributed by atoms with Crippen LogP contribution in [-0.2, 0) is 4.79 Å². The zero-order chi connectivity index (χ0) is 15.8. The number of aromatic nitrogens is 3. The van der Waals surface area contributed by atoms with Gasteiger partial charge in [0.25, 0.3) is 0 Å². The third kappa shape index (κ3) is 4.47. The molecule has 0 saturated carbocycles. The number of para-hydroxylation sites is 1. The van der Waals surface area contributed by atoms with Crippen LogP contribution in [0.25, 0.3) is 11.4 Å². The Balaban J connectivity index is 2.08. The molecule has 0 saturated heterocycles. The lowest BCUT2D eigenvalue weighted by Crippen LogP contribution is -2.31. The summed E-state index contributed by atoms with van der Waals surface area (Å²) in [6.45, 7) is 2.78. The number of carbonyl (C=O) groups is 1. The predicted molar refractivity (Wildman–Crippen MR) is 85.3 cm³/mol. The number of benzene rings is 1. The van der Waals surface area contributed by atoms with E-state index in [2.05, 4.69) is 27.5 Å². The second-order valence-electron chi connectivity index (χ2n) is 4.52. The molecular formula is C14H19N5O2S. The zero-order valence-electron chi connectivity index (χ0n) is 12.3. The number of nitrogens with one attached hydrogen (secondary N) is 2. The van der Waals surface area contributed by atoms with Crippen molar-refractivity contribution in [3.8, 4) is 17.1 Å². The Hall–Kier alpha value is -2.06. The van der Waals surface area contributed by atoms with Crippen molar-refractivity contribution < 1.29 is 9.53 Å². The standard InChI is InChI=1S/C14H19N5O2S/c1-2-3-8-21-11-7-5-4-6-10(11)13-16-14(19-18-13)22-9-12(20)17-15/h4-7H,2-3,8-9,15H2,1H3,(H,17,20)(H,16,18,19). The van der Waals surface area contributed by atoms with Gasteiger partial charge in [-0.3, -0.25) is 15.3 Å². The highest BCUT2D eigenvalue weighted by Gasteiger charge is 2.12. The van der Waals surface area contributed by atoms with Gasteiger partial charge in [0.05, 0.1) is 17.9 Å². The minimum atomic E-state index is -0.278. The van der Waals surface area contributed by atoms with Gasteiger partial charge in [0, 0.05) is 0 Å². The second kappa shape index (κ2) is 8.40. The number of hydrogen-bond acceptors (Lipinski definition) is 6. The number of aromatic amines is 1. The molecule has 2 aromatic rings. The number of nitrogens with two attached hydrogens (primary N) is 1. The summed E-state index contributed by atoms with van der Waals surface area (Å²) in [7, 11) is 0. The fourth-order valence-electron chi connectivity index (χ4n) is 1.72. The lowest BCUT2D eigenvalue weighted by atomic mass is 10.2. The fourth-order valence-corrected chi connectivity index (χ4v) is 2.33. The van der Waals surface area contributed by atoms with E-state index in [0.717, 1.165) is 24.2 Å². The van der Waals surface area contributed by atoms with Crippen molar-refractivity contribution in [3.05, 3.63) is 24.3 Å². The third-order valence-electron chi connectivity index (χ3n) is 2.86. The van der Waals surface area contributed by atoms with Crippen LogP contribution in [0, 0.1) is 0 Å². The van der Waals surface area contributed by atoms with E-state index in [-0.39, 0.29) is 11.7 Å². The molecule has 8 heteroatoms. The van der Waals surface area contributed by atoms with Gasteiger partial charge < -0.3 is 4.74 Å². The number of H-pyrrole nitrogens is 1. The molecule has 22 heavy (non-hydrogen) atoms. The molecule has 0 radical (unpaired) electrons. The average molecular weight is 321 g/mol. The van der Waals surface area contributed by atoms with Gasteiger partial charge in [0.15, 0.2) is 5.82 Å². The number of carbonyl (C=O) groups excluding carboxylic acids is 1. The number of unbranched alkanes of at least 4 members (excludes halogenated alkanes) is 1. The molecular weight excluding hydrogens is 302 g/mol. The second-order valence-corrected chi connectivity index (χ2v) is 5.46. The molecule has 1 amide bonds. The average Bonchev–Trinajstić information content (AvgIpc) is 3.02. The molecule has 118 valence electrons. The van der Waals surface area contributed by atoms with Crippen LogP contribution >= 0.6 is 11.8 Å². The molecule has 0 unspecified atom stereocenters. The lowest BCUT2D eigenvalue weighted by Gasteiger charge is -2.08. The Bertz CT molecular complexity index is 617. The first kappa shape index (κ1) is 16.3. The largest absolute Gasteiger partial charge is 0.493 e. The number of hydrazine groups is 1. The highest BCUT2D eigenvalue weighted by atomic mass is 32.2. The Morgan fingerprint density at radius 2 is 2.27 bits per heavy atom. The number of ether oxygens (including phenoxy) is 1. The van der Waals surface area contributed by atoms with Crippen molar-refractivity contribution in [3.63, 3.8) is 0 Å². The number of hydrogen-bond donors (Lipinski definition) is 3. The highest BCUT2D eigenvalue weighted by Crippen LogP contribution is 2.28. The summed E-state index contributed by atoms with van der Waals surface area (Å²) in [4.78, 5) is 15.5. The Labute approximate surface area is 133 Å². The van der Waals surface area contributed by atoms with Gasteiger partial charge >= 0.3 is 0 Å². The predicted octanol–water partition coefficient (Wildman–Crippen LogP) is 1.73. The quantitative estimate of drug-likeness (QED) is 0.225. The lowest BCUT2D eigenvalue weighted by molar-refractivity contribution is -0.118. The van der Waals surface area contributed by atoms with E-state index in [1.165, 1.54) is 11.8 Å². The van der Waals surface area contributed by atoms with Crippen molar-refractivity contribution in [2.45, 2.75) is 24.9 Å². The first-order valence-electron chi connectivity index (χ1n) is 7.01. The van der Waals surface area contributed by atoms with Crippen molar-refractivity contribution in [2.75, 3.05) is 12.4 Å². The smallest absolute Gasteiger partial charge is 0.244 e. The minimum absolute atomic E-state index is 0.169. The van der Waals surface area contributed by atoms with Gasteiger partial charge in [-0.25, -0.2) is 10.8 Å². The van der Waals surface area contributed by atoms with E-state index < -0.39 is 0 Å². The van der Waals surface area contributed by atoms with Crippen molar-refractivity contribution in [1.82, 2.24) is 20.6 Å². The van der Waals surface area contributed by atoms with Crippen molar-refractivity contribution in [1.29, 1.82) is 0 Å². The van der Waals surface area contributed by atoms with Crippen LogP contribution in [0.15, 0.2) is 29.4 Å².